The van der Waals surface area contributed by atoms with Crippen LogP contribution in [-0.2, 0) is 9.59 Å². The van der Waals surface area contributed by atoms with E-state index in [1.54, 1.807) is 72.8 Å². The lowest BCUT2D eigenvalue weighted by molar-refractivity contribution is -0.116. The first-order valence-electron chi connectivity index (χ1n) is 13.8. The molecule has 45 heavy (non-hydrogen) atoms. The van der Waals surface area contributed by atoms with Gasteiger partial charge in [0, 0.05) is 20.6 Å². The van der Waals surface area contributed by atoms with Crippen molar-refractivity contribution in [2.75, 3.05) is 24.9 Å². The smallest absolute Gasteiger partial charge is 0.272 e. The summed E-state index contributed by atoms with van der Waals surface area (Å²) in [5.74, 6) is -0.931. The number of benzene rings is 4. The molecule has 8 nitrogen and oxygen atoms in total. The van der Waals surface area contributed by atoms with Crippen LogP contribution in [0.4, 0.5) is 15.8 Å². The minimum absolute atomic E-state index is 0.00327. The number of carbonyl (C=O) groups is 3. The Bertz CT molecular complexity index is 1720. The molecule has 4 rings (SSSR count). The third-order valence-electron chi connectivity index (χ3n) is 6.47. The zero-order valence-corrected chi connectivity index (χ0v) is 27.1. The summed E-state index contributed by atoms with van der Waals surface area (Å²) in [6.45, 7) is 1.86. The van der Waals surface area contributed by atoms with Gasteiger partial charge in [0.2, 0.25) is 5.91 Å². The predicted molar refractivity (Wildman–Crippen MR) is 179 cm³/mol. The number of rotatable bonds is 12. The molecule has 11 heteroatoms. The van der Waals surface area contributed by atoms with Crippen LogP contribution in [0.1, 0.15) is 29.3 Å². The van der Waals surface area contributed by atoms with Crippen molar-refractivity contribution < 1.29 is 28.2 Å². The highest BCUT2D eigenvalue weighted by Crippen LogP contribution is 2.30. The summed E-state index contributed by atoms with van der Waals surface area (Å²) in [6.07, 6.45) is 2.02. The molecule has 4 aromatic carbocycles. The molecule has 0 saturated carbocycles. The van der Waals surface area contributed by atoms with Crippen molar-refractivity contribution in [3.63, 3.8) is 0 Å². The quantitative estimate of drug-likeness (QED) is 0.105. The highest BCUT2D eigenvalue weighted by atomic mass is 79.9. The summed E-state index contributed by atoms with van der Waals surface area (Å²) >= 11 is 4.50. The average Bonchev–Trinajstić information content (AvgIpc) is 3.05. The Hall–Kier alpha value is -4.61. The topological polar surface area (TPSA) is 106 Å². The minimum Gasteiger partial charge on any atom is -0.493 e. The van der Waals surface area contributed by atoms with Gasteiger partial charge in [-0.05, 0) is 78.7 Å². The van der Waals surface area contributed by atoms with Crippen molar-refractivity contribution >= 4 is 62.9 Å². The Morgan fingerprint density at radius 2 is 1.64 bits per heavy atom. The number of hydrogen-bond donors (Lipinski definition) is 3. The Kier molecular flexibility index (Phi) is 11.8. The molecule has 0 fully saturated rings. The number of ether oxygens (including phenoxy) is 2. The number of amides is 3. The number of halogens is 2. The molecular weight excluding hydrogens is 661 g/mol. The van der Waals surface area contributed by atoms with Gasteiger partial charge in [-0.1, -0.05) is 53.2 Å². The Balaban J connectivity index is 1.54. The van der Waals surface area contributed by atoms with Crippen LogP contribution in [0.15, 0.2) is 106 Å². The number of nitrogens with one attached hydrogen (secondary N) is 3. The number of hydrogen-bond acceptors (Lipinski definition) is 6. The van der Waals surface area contributed by atoms with Crippen molar-refractivity contribution in [1.82, 2.24) is 5.32 Å². The van der Waals surface area contributed by atoms with Crippen LogP contribution in [0.2, 0.25) is 0 Å². The van der Waals surface area contributed by atoms with E-state index < -0.39 is 22.9 Å². The number of thioether (sulfide) groups is 1. The monoisotopic (exact) mass is 691 g/mol. The molecule has 0 radical (unpaired) electrons. The van der Waals surface area contributed by atoms with Crippen molar-refractivity contribution in [1.29, 1.82) is 0 Å². The molecule has 0 aliphatic rings. The van der Waals surface area contributed by atoms with Crippen molar-refractivity contribution in [3.8, 4) is 11.5 Å². The van der Waals surface area contributed by atoms with Gasteiger partial charge in [-0.2, -0.15) is 0 Å². The first-order valence-corrected chi connectivity index (χ1v) is 15.5. The summed E-state index contributed by atoms with van der Waals surface area (Å²) in [7, 11) is 3.03. The van der Waals surface area contributed by atoms with Crippen LogP contribution in [0.25, 0.3) is 6.08 Å². The van der Waals surface area contributed by atoms with Crippen molar-refractivity contribution in [2.45, 2.75) is 23.5 Å². The van der Waals surface area contributed by atoms with Gasteiger partial charge in [0.05, 0.1) is 25.2 Å². The van der Waals surface area contributed by atoms with E-state index in [-0.39, 0.29) is 17.3 Å². The maximum Gasteiger partial charge on any atom is 0.272 e. The molecule has 0 aromatic heterocycles. The fraction of sp³-hybridized carbons (Fsp3) is 0.147. The molecule has 0 heterocycles. The highest BCUT2D eigenvalue weighted by Gasteiger charge is 2.21. The third kappa shape index (κ3) is 9.19. The second-order valence-electron chi connectivity index (χ2n) is 9.60. The molecule has 3 amide bonds. The molecule has 0 aliphatic carbocycles. The SMILES string of the molecule is CCC(Sc1cccc(NC(=O)/C(=C\c2ccc(OC)c(OC)c2)NC(=O)c2ccccc2)c1)C(=O)Nc1ccc(Br)cc1F. The van der Waals surface area contributed by atoms with E-state index in [1.165, 1.54) is 44.2 Å². The van der Waals surface area contributed by atoms with Crippen molar-refractivity contribution in [3.05, 3.63) is 118 Å². The maximum absolute atomic E-state index is 14.3. The molecule has 1 unspecified atom stereocenters. The molecule has 0 aliphatic heterocycles. The maximum atomic E-state index is 14.3. The normalized spacial score (nSPS) is 11.7. The van der Waals surface area contributed by atoms with E-state index in [0.29, 0.717) is 44.1 Å². The lowest BCUT2D eigenvalue weighted by Gasteiger charge is -2.16. The molecule has 1 atom stereocenters. The van der Waals surface area contributed by atoms with Gasteiger partial charge in [0.25, 0.3) is 11.8 Å². The average molecular weight is 693 g/mol. The molecule has 0 bridgehead atoms. The van der Waals surface area contributed by atoms with Crippen LogP contribution in [0.3, 0.4) is 0 Å². The van der Waals surface area contributed by atoms with Gasteiger partial charge < -0.3 is 25.4 Å². The molecule has 232 valence electrons. The van der Waals surface area contributed by atoms with Crippen LogP contribution < -0.4 is 25.4 Å². The van der Waals surface area contributed by atoms with Gasteiger partial charge in [0.15, 0.2) is 11.5 Å². The molecule has 4 aromatic rings. The standard InChI is InChI=1S/C34H31BrFN3O5S/c1-4-31(34(42)38-27-15-14-23(35)19-26(27)36)45-25-12-8-11-24(20-25)37-33(41)28(39-32(40)22-9-6-5-7-10-22)17-21-13-16-29(43-2)30(18-21)44-3/h5-20,31H,4H2,1-3H3,(H,37,41)(H,38,42)(H,39,40)/b28-17+. The third-order valence-corrected chi connectivity index (χ3v) is 8.32. The van der Waals surface area contributed by atoms with E-state index in [0.717, 1.165) is 0 Å². The number of methoxy groups -OCH3 is 2. The van der Waals surface area contributed by atoms with Crippen LogP contribution in [0, 0.1) is 5.82 Å². The molecule has 0 spiro atoms. The zero-order chi connectivity index (χ0) is 32.3. The second kappa shape index (κ2) is 15.9. The summed E-state index contributed by atoms with van der Waals surface area (Å²) in [5.41, 5.74) is 1.51. The fourth-order valence-electron chi connectivity index (χ4n) is 4.19. The zero-order valence-electron chi connectivity index (χ0n) is 24.7. The largest absolute Gasteiger partial charge is 0.493 e. The van der Waals surface area contributed by atoms with Gasteiger partial charge in [-0.3, -0.25) is 14.4 Å². The van der Waals surface area contributed by atoms with E-state index >= 15 is 0 Å². The predicted octanol–water partition coefficient (Wildman–Crippen LogP) is 7.52. The van der Waals surface area contributed by atoms with Gasteiger partial charge in [0.1, 0.15) is 11.5 Å². The summed E-state index contributed by atoms with van der Waals surface area (Å²) < 4.78 is 25.6. The fourth-order valence-corrected chi connectivity index (χ4v) is 5.53. The van der Waals surface area contributed by atoms with E-state index in [2.05, 4.69) is 31.9 Å². The van der Waals surface area contributed by atoms with E-state index in [9.17, 15) is 18.8 Å². The molecular formula is C34H31BrFN3O5S. The Morgan fingerprint density at radius 3 is 2.33 bits per heavy atom. The van der Waals surface area contributed by atoms with Crippen LogP contribution in [0.5, 0.6) is 11.5 Å². The van der Waals surface area contributed by atoms with Crippen molar-refractivity contribution in [2.24, 2.45) is 0 Å². The van der Waals surface area contributed by atoms with Gasteiger partial charge in [-0.15, -0.1) is 11.8 Å². The van der Waals surface area contributed by atoms with Crippen LogP contribution in [-0.4, -0.2) is 37.2 Å². The first-order chi connectivity index (χ1) is 21.7. The lowest BCUT2D eigenvalue weighted by atomic mass is 10.1. The molecule has 3 N–H and O–H groups in total. The van der Waals surface area contributed by atoms with Gasteiger partial charge >= 0.3 is 0 Å². The van der Waals surface area contributed by atoms with E-state index in [1.807, 2.05) is 13.0 Å². The second-order valence-corrected chi connectivity index (χ2v) is 11.8. The minimum atomic E-state index is -0.563. The van der Waals surface area contributed by atoms with E-state index in [4.69, 9.17) is 9.47 Å². The number of carbonyl (C=O) groups excluding carboxylic acids is 3. The van der Waals surface area contributed by atoms with Crippen LogP contribution >= 0.6 is 27.7 Å². The highest BCUT2D eigenvalue weighted by molar-refractivity contribution is 9.10. The lowest BCUT2D eigenvalue weighted by Crippen LogP contribution is -2.30. The number of anilines is 2. The Morgan fingerprint density at radius 1 is 0.889 bits per heavy atom. The summed E-state index contributed by atoms with van der Waals surface area (Å²) in [6, 6.07) is 25.1. The first kappa shape index (κ1) is 33.3. The Labute approximate surface area is 273 Å². The summed E-state index contributed by atoms with van der Waals surface area (Å²) in [5, 5.41) is 7.68. The summed E-state index contributed by atoms with van der Waals surface area (Å²) in [4.78, 5) is 40.3. The van der Waals surface area contributed by atoms with Gasteiger partial charge in [-0.25, -0.2) is 4.39 Å². The molecule has 0 saturated heterocycles.